The summed E-state index contributed by atoms with van der Waals surface area (Å²) >= 11 is 0. The van der Waals surface area contributed by atoms with Crippen molar-refractivity contribution in [3.8, 4) is 0 Å². The molecule has 0 spiro atoms. The van der Waals surface area contributed by atoms with E-state index in [-0.39, 0.29) is 6.10 Å². The summed E-state index contributed by atoms with van der Waals surface area (Å²) < 4.78 is 11.2. The average molecular weight is 290 g/mol. The van der Waals surface area contributed by atoms with Gasteiger partial charge in [0, 0.05) is 25.6 Å². The fraction of sp³-hybridized carbons (Fsp3) is 0.588. The number of hydrogen-bond donors (Lipinski definition) is 1. The van der Waals surface area contributed by atoms with Crippen molar-refractivity contribution < 1.29 is 9.15 Å². The smallest absolute Gasteiger partial charge is 0.198 e. The number of aryl methyl sites for hydroxylation is 1. The Morgan fingerprint density at radius 1 is 1.24 bits per heavy atom. The number of methoxy groups -OCH3 is 1. The van der Waals surface area contributed by atoms with Gasteiger partial charge in [-0.2, -0.15) is 0 Å². The van der Waals surface area contributed by atoms with Crippen LogP contribution >= 0.6 is 0 Å². The highest BCUT2D eigenvalue weighted by molar-refractivity contribution is 5.77. The molecular formula is C17H26N2O2. The van der Waals surface area contributed by atoms with Gasteiger partial charge in [-0.1, -0.05) is 19.9 Å². The monoisotopic (exact) mass is 290 g/mol. The van der Waals surface area contributed by atoms with Crippen molar-refractivity contribution in [2.24, 2.45) is 0 Å². The molecule has 116 valence electrons. The molecule has 0 aliphatic heterocycles. The van der Waals surface area contributed by atoms with Gasteiger partial charge in [0.2, 0.25) is 0 Å². The Morgan fingerprint density at radius 2 is 1.95 bits per heavy atom. The lowest BCUT2D eigenvalue weighted by atomic mass is 10.1. The Kier molecular flexibility index (Phi) is 5.01. The van der Waals surface area contributed by atoms with Gasteiger partial charge in [0.25, 0.3) is 0 Å². The zero-order valence-corrected chi connectivity index (χ0v) is 13.9. The third-order valence-corrected chi connectivity index (χ3v) is 3.95. The molecule has 4 heteroatoms. The minimum atomic E-state index is 0.189. The lowest BCUT2D eigenvalue weighted by Gasteiger charge is -2.20. The molecule has 0 radical (unpaired) electrons. The van der Waals surface area contributed by atoms with E-state index in [4.69, 9.17) is 9.15 Å². The number of oxazole rings is 1. The molecule has 1 aromatic heterocycles. The van der Waals surface area contributed by atoms with E-state index < -0.39 is 0 Å². The van der Waals surface area contributed by atoms with Gasteiger partial charge in [-0.25, -0.2) is 4.98 Å². The minimum absolute atomic E-state index is 0.189. The van der Waals surface area contributed by atoms with Crippen LogP contribution in [0.15, 0.2) is 16.5 Å². The first-order valence-electron chi connectivity index (χ1n) is 7.58. The molecule has 0 aliphatic carbocycles. The first-order valence-corrected chi connectivity index (χ1v) is 7.58. The molecule has 0 saturated heterocycles. The van der Waals surface area contributed by atoms with Crippen molar-refractivity contribution in [2.45, 2.75) is 59.2 Å². The molecule has 0 bridgehead atoms. The molecule has 2 aromatic rings. The Hall–Kier alpha value is -1.39. The molecule has 0 saturated carbocycles. The summed E-state index contributed by atoms with van der Waals surface area (Å²) in [6, 6.07) is 4.57. The first kappa shape index (κ1) is 16.0. The standard InChI is InChI=1S/C17H26N2O2/c1-10(2)17-19-15-8-14(7-11(3)16(15)21-17)9-18-12(4)13(5)20-6/h7-8,10,12-13,18H,9H2,1-6H3/t12-,13+/m1/s1. The van der Waals surface area contributed by atoms with Gasteiger partial charge in [0.1, 0.15) is 5.52 Å². The van der Waals surface area contributed by atoms with E-state index in [0.717, 1.165) is 29.1 Å². The van der Waals surface area contributed by atoms with Crippen molar-refractivity contribution in [1.82, 2.24) is 10.3 Å². The van der Waals surface area contributed by atoms with E-state index in [1.54, 1.807) is 7.11 Å². The lowest BCUT2D eigenvalue weighted by Crippen LogP contribution is -2.36. The van der Waals surface area contributed by atoms with Gasteiger partial charge >= 0.3 is 0 Å². The molecule has 0 unspecified atom stereocenters. The van der Waals surface area contributed by atoms with E-state index in [1.165, 1.54) is 5.56 Å². The highest BCUT2D eigenvalue weighted by atomic mass is 16.5. The molecule has 2 rings (SSSR count). The molecule has 4 nitrogen and oxygen atoms in total. The van der Waals surface area contributed by atoms with Crippen LogP contribution in [0.25, 0.3) is 11.1 Å². The van der Waals surface area contributed by atoms with Crippen LogP contribution < -0.4 is 5.32 Å². The molecule has 1 aromatic carbocycles. The topological polar surface area (TPSA) is 47.3 Å². The highest BCUT2D eigenvalue weighted by Gasteiger charge is 2.14. The van der Waals surface area contributed by atoms with Crippen molar-refractivity contribution in [1.29, 1.82) is 0 Å². The summed E-state index contributed by atoms with van der Waals surface area (Å²) in [4.78, 5) is 4.59. The van der Waals surface area contributed by atoms with Crippen LogP contribution in [0, 0.1) is 6.92 Å². The number of aromatic nitrogens is 1. The minimum Gasteiger partial charge on any atom is -0.440 e. The second-order valence-electron chi connectivity index (χ2n) is 6.08. The zero-order valence-electron chi connectivity index (χ0n) is 13.9. The van der Waals surface area contributed by atoms with E-state index in [2.05, 4.69) is 57.1 Å². The van der Waals surface area contributed by atoms with Gasteiger partial charge in [-0.05, 0) is 38.0 Å². The quantitative estimate of drug-likeness (QED) is 0.879. The number of nitrogens with zero attached hydrogens (tertiary/aromatic N) is 1. The Labute approximate surface area is 126 Å². The van der Waals surface area contributed by atoms with Crippen LogP contribution in [0.2, 0.25) is 0 Å². The summed E-state index contributed by atoms with van der Waals surface area (Å²) in [7, 11) is 1.74. The van der Waals surface area contributed by atoms with Crippen LogP contribution in [0.5, 0.6) is 0 Å². The van der Waals surface area contributed by atoms with Crippen LogP contribution in [0.1, 0.15) is 50.6 Å². The molecule has 0 fully saturated rings. The summed E-state index contributed by atoms with van der Waals surface area (Å²) in [6.07, 6.45) is 0.189. The molecule has 0 amide bonds. The van der Waals surface area contributed by atoms with Crippen molar-refractivity contribution in [2.75, 3.05) is 7.11 Å². The molecule has 2 atom stereocenters. The molecule has 1 N–H and O–H groups in total. The summed E-state index contributed by atoms with van der Waals surface area (Å²) in [5.41, 5.74) is 4.21. The zero-order chi connectivity index (χ0) is 15.6. The van der Waals surface area contributed by atoms with Crippen molar-refractivity contribution >= 4 is 11.1 Å². The first-order chi connectivity index (χ1) is 9.92. The average Bonchev–Trinajstić information content (AvgIpc) is 2.88. The fourth-order valence-corrected chi connectivity index (χ4v) is 2.29. The van der Waals surface area contributed by atoms with Crippen LogP contribution in [-0.2, 0) is 11.3 Å². The van der Waals surface area contributed by atoms with E-state index in [9.17, 15) is 0 Å². The summed E-state index contributed by atoms with van der Waals surface area (Å²) in [5, 5.41) is 3.49. The van der Waals surface area contributed by atoms with Crippen molar-refractivity contribution in [3.63, 3.8) is 0 Å². The lowest BCUT2D eigenvalue weighted by molar-refractivity contribution is 0.0882. The van der Waals surface area contributed by atoms with E-state index in [0.29, 0.717) is 12.0 Å². The number of hydrogen-bond acceptors (Lipinski definition) is 4. The number of rotatable bonds is 6. The van der Waals surface area contributed by atoms with E-state index in [1.807, 2.05) is 0 Å². The number of nitrogens with one attached hydrogen (secondary N) is 1. The summed E-state index contributed by atoms with van der Waals surface area (Å²) in [6.45, 7) is 11.3. The number of benzene rings is 1. The number of fused-ring (bicyclic) bond motifs is 1. The third-order valence-electron chi connectivity index (χ3n) is 3.95. The van der Waals surface area contributed by atoms with E-state index >= 15 is 0 Å². The van der Waals surface area contributed by atoms with Gasteiger partial charge < -0.3 is 14.5 Å². The fourth-order valence-electron chi connectivity index (χ4n) is 2.29. The second-order valence-corrected chi connectivity index (χ2v) is 6.08. The predicted molar refractivity (Wildman–Crippen MR) is 85.6 cm³/mol. The normalized spacial score (nSPS) is 14.8. The molecular weight excluding hydrogens is 264 g/mol. The molecule has 0 aliphatic rings. The largest absolute Gasteiger partial charge is 0.440 e. The maximum absolute atomic E-state index is 5.84. The van der Waals surface area contributed by atoms with Crippen LogP contribution in [-0.4, -0.2) is 24.2 Å². The Bertz CT molecular complexity index is 604. The highest BCUT2D eigenvalue weighted by Crippen LogP contribution is 2.25. The van der Waals surface area contributed by atoms with Gasteiger partial charge in [-0.3, -0.25) is 0 Å². The molecule has 1 heterocycles. The Morgan fingerprint density at radius 3 is 2.57 bits per heavy atom. The van der Waals surface area contributed by atoms with Gasteiger partial charge in [-0.15, -0.1) is 0 Å². The SMILES string of the molecule is CO[C@@H](C)[C@@H](C)NCc1cc(C)c2oc(C(C)C)nc2c1. The van der Waals surface area contributed by atoms with Gasteiger partial charge in [0.05, 0.1) is 6.10 Å². The maximum atomic E-state index is 5.84. The van der Waals surface area contributed by atoms with Gasteiger partial charge in [0.15, 0.2) is 11.5 Å². The van der Waals surface area contributed by atoms with Crippen LogP contribution in [0.3, 0.4) is 0 Å². The Balaban J connectivity index is 2.18. The predicted octanol–water partition coefficient (Wildman–Crippen LogP) is 3.77. The molecule has 21 heavy (non-hydrogen) atoms. The number of ether oxygens (including phenoxy) is 1. The second kappa shape index (κ2) is 6.58. The summed E-state index contributed by atoms with van der Waals surface area (Å²) in [5.74, 6) is 1.11. The van der Waals surface area contributed by atoms with Crippen LogP contribution in [0.4, 0.5) is 0 Å². The third kappa shape index (κ3) is 3.63. The maximum Gasteiger partial charge on any atom is 0.198 e. The van der Waals surface area contributed by atoms with Crippen molar-refractivity contribution in [3.05, 3.63) is 29.2 Å².